The molecule has 0 bridgehead atoms. The molecule has 0 saturated carbocycles. The minimum atomic E-state index is 0.980. The summed E-state index contributed by atoms with van der Waals surface area (Å²) in [5.74, 6) is 1.05. The van der Waals surface area contributed by atoms with Crippen molar-refractivity contribution >= 4 is 27.4 Å². The highest BCUT2D eigenvalue weighted by molar-refractivity contribution is 7.19. The van der Waals surface area contributed by atoms with Gasteiger partial charge >= 0.3 is 0 Å². The zero-order chi connectivity index (χ0) is 14.7. The molecule has 2 aromatic rings. The topological polar surface area (TPSA) is 42.2 Å². The van der Waals surface area contributed by atoms with Crippen molar-refractivity contribution in [2.24, 2.45) is 0 Å². The molecule has 0 saturated heterocycles. The first-order valence-corrected chi connectivity index (χ1v) is 8.97. The van der Waals surface area contributed by atoms with Gasteiger partial charge in [-0.2, -0.15) is 0 Å². The predicted octanol–water partition coefficient (Wildman–Crippen LogP) is 1.91. The number of nitrogens with one attached hydrogen (secondary N) is 2. The standard InChI is InChI=1S/C16H24N4S/c1-3-20(4-2)10-9-17-15-14-12-7-5-6-8-13(12)21-16(14)19-11-18-15/h11H,3-10H2,1-2H3,(H,17,18,19)/p+1. The van der Waals surface area contributed by atoms with Crippen LogP contribution in [0.25, 0.3) is 10.2 Å². The molecule has 0 atom stereocenters. The maximum Gasteiger partial charge on any atom is 0.138 e. The Bertz CT molecular complexity index is 604. The van der Waals surface area contributed by atoms with Gasteiger partial charge < -0.3 is 10.2 Å². The van der Waals surface area contributed by atoms with Crippen LogP contribution < -0.4 is 10.2 Å². The number of hydrogen-bond acceptors (Lipinski definition) is 4. The van der Waals surface area contributed by atoms with Gasteiger partial charge in [0.25, 0.3) is 0 Å². The van der Waals surface area contributed by atoms with E-state index in [1.807, 2.05) is 11.3 Å². The monoisotopic (exact) mass is 305 g/mol. The Morgan fingerprint density at radius 1 is 1.19 bits per heavy atom. The van der Waals surface area contributed by atoms with Crippen molar-refractivity contribution < 1.29 is 4.90 Å². The molecule has 0 radical (unpaired) electrons. The average Bonchev–Trinajstić information content (AvgIpc) is 2.91. The van der Waals surface area contributed by atoms with E-state index < -0.39 is 0 Å². The second-order valence-electron chi connectivity index (χ2n) is 5.75. The van der Waals surface area contributed by atoms with E-state index in [-0.39, 0.29) is 0 Å². The fraction of sp³-hybridized carbons (Fsp3) is 0.625. The zero-order valence-corrected chi connectivity index (χ0v) is 13.9. The second kappa shape index (κ2) is 6.71. The number of rotatable bonds is 6. The van der Waals surface area contributed by atoms with Crippen molar-refractivity contribution in [3.63, 3.8) is 0 Å². The lowest BCUT2D eigenvalue weighted by atomic mass is 9.97. The van der Waals surface area contributed by atoms with Gasteiger partial charge in [0.05, 0.1) is 31.6 Å². The van der Waals surface area contributed by atoms with Crippen LogP contribution in [0.4, 0.5) is 5.82 Å². The summed E-state index contributed by atoms with van der Waals surface area (Å²) in [4.78, 5) is 13.3. The quantitative estimate of drug-likeness (QED) is 0.857. The maximum absolute atomic E-state index is 4.51. The molecule has 1 aliphatic rings. The Morgan fingerprint density at radius 3 is 2.81 bits per heavy atom. The van der Waals surface area contributed by atoms with Gasteiger partial charge in [-0.3, -0.25) is 0 Å². The van der Waals surface area contributed by atoms with Gasteiger partial charge in [0, 0.05) is 4.88 Å². The number of aromatic nitrogens is 2. The lowest BCUT2D eigenvalue weighted by Gasteiger charge is -2.16. The maximum atomic E-state index is 4.51. The highest BCUT2D eigenvalue weighted by Crippen LogP contribution is 2.37. The molecular formula is C16H25N4S+. The van der Waals surface area contributed by atoms with E-state index in [1.165, 1.54) is 54.6 Å². The summed E-state index contributed by atoms with van der Waals surface area (Å²) in [6.07, 6.45) is 6.74. The second-order valence-corrected chi connectivity index (χ2v) is 6.83. The molecule has 3 rings (SSSR count). The van der Waals surface area contributed by atoms with Gasteiger partial charge in [0.1, 0.15) is 17.0 Å². The average molecular weight is 305 g/mol. The summed E-state index contributed by atoms with van der Waals surface area (Å²) < 4.78 is 0. The van der Waals surface area contributed by atoms with E-state index in [0.717, 1.165) is 23.7 Å². The van der Waals surface area contributed by atoms with Gasteiger partial charge in [-0.05, 0) is 45.1 Å². The first-order chi connectivity index (χ1) is 10.3. The van der Waals surface area contributed by atoms with Crippen molar-refractivity contribution in [2.45, 2.75) is 39.5 Å². The molecule has 0 spiro atoms. The molecule has 2 aromatic heterocycles. The lowest BCUT2D eigenvalue weighted by Crippen LogP contribution is -3.12. The van der Waals surface area contributed by atoms with E-state index in [4.69, 9.17) is 0 Å². The number of hydrogen-bond donors (Lipinski definition) is 2. The molecule has 2 heterocycles. The van der Waals surface area contributed by atoms with Crippen molar-refractivity contribution in [2.75, 3.05) is 31.5 Å². The Morgan fingerprint density at radius 2 is 2.00 bits per heavy atom. The van der Waals surface area contributed by atoms with Crippen molar-refractivity contribution in [3.8, 4) is 0 Å². The van der Waals surface area contributed by atoms with Gasteiger partial charge in [-0.1, -0.05) is 0 Å². The number of thiophene rings is 1. The fourth-order valence-corrected chi connectivity index (χ4v) is 4.41. The van der Waals surface area contributed by atoms with Crippen LogP contribution in [0.1, 0.15) is 37.1 Å². The Balaban J connectivity index is 1.80. The van der Waals surface area contributed by atoms with E-state index in [1.54, 1.807) is 11.2 Å². The van der Waals surface area contributed by atoms with Crippen LogP contribution in [0.5, 0.6) is 0 Å². The molecule has 21 heavy (non-hydrogen) atoms. The van der Waals surface area contributed by atoms with Gasteiger partial charge in [0.15, 0.2) is 0 Å². The normalized spacial score (nSPS) is 14.6. The van der Waals surface area contributed by atoms with Crippen LogP contribution >= 0.6 is 11.3 Å². The fourth-order valence-electron chi connectivity index (χ4n) is 3.19. The highest BCUT2D eigenvalue weighted by Gasteiger charge is 2.19. The smallest absolute Gasteiger partial charge is 0.138 e. The van der Waals surface area contributed by atoms with E-state index in [0.29, 0.717) is 0 Å². The molecular weight excluding hydrogens is 280 g/mol. The predicted molar refractivity (Wildman–Crippen MR) is 89.5 cm³/mol. The van der Waals surface area contributed by atoms with E-state index in [2.05, 4.69) is 29.1 Å². The molecule has 1 aliphatic carbocycles. The molecule has 114 valence electrons. The number of anilines is 1. The molecule has 0 aromatic carbocycles. The van der Waals surface area contributed by atoms with Crippen LogP contribution in [0.15, 0.2) is 6.33 Å². The summed E-state index contributed by atoms with van der Waals surface area (Å²) in [5, 5.41) is 4.86. The third kappa shape index (κ3) is 3.04. The first-order valence-electron chi connectivity index (χ1n) is 8.16. The minimum absolute atomic E-state index is 0.980. The highest BCUT2D eigenvalue weighted by atomic mass is 32.1. The van der Waals surface area contributed by atoms with Crippen LogP contribution in [0.3, 0.4) is 0 Å². The van der Waals surface area contributed by atoms with Gasteiger partial charge in [-0.25, -0.2) is 9.97 Å². The molecule has 0 aliphatic heterocycles. The Labute approximate surface area is 130 Å². The van der Waals surface area contributed by atoms with E-state index >= 15 is 0 Å². The molecule has 4 nitrogen and oxygen atoms in total. The van der Waals surface area contributed by atoms with E-state index in [9.17, 15) is 0 Å². The van der Waals surface area contributed by atoms with Crippen LogP contribution in [0, 0.1) is 0 Å². The molecule has 0 unspecified atom stereocenters. The molecule has 0 amide bonds. The number of quaternary nitrogens is 1. The number of aryl methyl sites for hydroxylation is 2. The van der Waals surface area contributed by atoms with Crippen molar-refractivity contribution in [3.05, 3.63) is 16.8 Å². The van der Waals surface area contributed by atoms with Crippen LogP contribution in [-0.4, -0.2) is 36.1 Å². The first kappa shape index (κ1) is 14.7. The number of fused-ring (bicyclic) bond motifs is 3. The largest absolute Gasteiger partial charge is 0.364 e. The van der Waals surface area contributed by atoms with Crippen molar-refractivity contribution in [1.82, 2.24) is 9.97 Å². The summed E-state index contributed by atoms with van der Waals surface area (Å²) in [6.45, 7) is 8.99. The van der Waals surface area contributed by atoms with Gasteiger partial charge in [0.2, 0.25) is 0 Å². The number of likely N-dealkylation sites (N-methyl/N-ethyl adjacent to an activating group) is 1. The summed E-state index contributed by atoms with van der Waals surface area (Å²) >= 11 is 1.87. The SMILES string of the molecule is CC[NH+](CC)CCNc1ncnc2sc3c(c12)CCCC3. The summed E-state index contributed by atoms with van der Waals surface area (Å²) in [7, 11) is 0. The minimum Gasteiger partial charge on any atom is -0.364 e. The summed E-state index contributed by atoms with van der Waals surface area (Å²) in [6, 6.07) is 0. The zero-order valence-electron chi connectivity index (χ0n) is 13.0. The van der Waals surface area contributed by atoms with Gasteiger partial charge in [-0.15, -0.1) is 11.3 Å². The Kier molecular flexibility index (Phi) is 4.70. The molecule has 5 heteroatoms. The third-order valence-electron chi connectivity index (χ3n) is 4.52. The summed E-state index contributed by atoms with van der Waals surface area (Å²) in [5.41, 5.74) is 1.51. The molecule has 2 N–H and O–H groups in total. The van der Waals surface area contributed by atoms with Crippen LogP contribution in [0.2, 0.25) is 0 Å². The van der Waals surface area contributed by atoms with Crippen LogP contribution in [-0.2, 0) is 12.8 Å². The molecule has 0 fully saturated rings. The Hall–Kier alpha value is -1.20. The lowest BCUT2D eigenvalue weighted by molar-refractivity contribution is -0.894. The van der Waals surface area contributed by atoms with Crippen molar-refractivity contribution in [1.29, 1.82) is 0 Å². The number of nitrogens with zero attached hydrogens (tertiary/aromatic N) is 2. The third-order valence-corrected chi connectivity index (χ3v) is 5.72.